The summed E-state index contributed by atoms with van der Waals surface area (Å²) >= 11 is 0. The van der Waals surface area contributed by atoms with Crippen molar-refractivity contribution in [3.05, 3.63) is 0 Å². The average Bonchev–Trinajstić information content (AvgIpc) is 1.98. The molecule has 0 bridgehead atoms. The highest BCUT2D eigenvalue weighted by Crippen LogP contribution is 2.05. The summed E-state index contributed by atoms with van der Waals surface area (Å²) in [5, 5.41) is 11.8. The molecule has 2 nitrogen and oxygen atoms in total. The van der Waals surface area contributed by atoms with E-state index in [1.165, 1.54) is 12.8 Å². The van der Waals surface area contributed by atoms with E-state index in [0.29, 0.717) is 12.5 Å². The third kappa shape index (κ3) is 6.05. The van der Waals surface area contributed by atoms with Crippen LogP contribution >= 0.6 is 0 Å². The van der Waals surface area contributed by atoms with Gasteiger partial charge >= 0.3 is 0 Å². The molecular formula is C8H19NO. The Labute approximate surface area is 63.6 Å². The lowest BCUT2D eigenvalue weighted by Gasteiger charge is -2.05. The van der Waals surface area contributed by atoms with Crippen molar-refractivity contribution < 1.29 is 5.11 Å². The topological polar surface area (TPSA) is 32.3 Å². The van der Waals surface area contributed by atoms with Crippen molar-refractivity contribution in [3.8, 4) is 0 Å². The van der Waals surface area contributed by atoms with Gasteiger partial charge in [0.2, 0.25) is 0 Å². The van der Waals surface area contributed by atoms with Gasteiger partial charge in [0.25, 0.3) is 0 Å². The second-order valence-corrected chi connectivity index (χ2v) is 2.89. The third-order valence-electron chi connectivity index (χ3n) is 1.69. The molecule has 1 atom stereocenters. The lowest BCUT2D eigenvalue weighted by molar-refractivity contribution is 0.227. The first-order valence-corrected chi connectivity index (χ1v) is 4.06. The Balaban J connectivity index is 2.89. The number of aliphatic hydroxyl groups is 1. The minimum Gasteiger partial charge on any atom is -0.396 e. The molecule has 0 heterocycles. The van der Waals surface area contributed by atoms with Gasteiger partial charge in [-0.1, -0.05) is 13.3 Å². The molecule has 0 aliphatic heterocycles. The van der Waals surface area contributed by atoms with Crippen molar-refractivity contribution in [3.63, 3.8) is 0 Å². The van der Waals surface area contributed by atoms with Crippen LogP contribution in [0.5, 0.6) is 0 Å². The van der Waals surface area contributed by atoms with E-state index in [2.05, 4.69) is 12.2 Å². The first kappa shape index (κ1) is 9.92. The van der Waals surface area contributed by atoms with Crippen LogP contribution < -0.4 is 5.32 Å². The Bertz CT molecular complexity index is 66.3. The molecule has 0 aromatic carbocycles. The average molecular weight is 145 g/mol. The van der Waals surface area contributed by atoms with Crippen LogP contribution in [0.4, 0.5) is 0 Å². The van der Waals surface area contributed by atoms with Crippen LogP contribution in [0.2, 0.25) is 0 Å². The SMILES string of the molecule is CNCCCC[C@H](C)CO. The molecule has 0 saturated carbocycles. The van der Waals surface area contributed by atoms with E-state index in [0.717, 1.165) is 13.0 Å². The van der Waals surface area contributed by atoms with Crippen molar-refractivity contribution in [2.24, 2.45) is 5.92 Å². The fraction of sp³-hybridized carbons (Fsp3) is 1.00. The molecule has 0 aromatic heterocycles. The fourth-order valence-corrected chi connectivity index (χ4v) is 0.886. The Morgan fingerprint density at radius 2 is 2.10 bits per heavy atom. The molecule has 10 heavy (non-hydrogen) atoms. The second-order valence-electron chi connectivity index (χ2n) is 2.89. The van der Waals surface area contributed by atoms with E-state index < -0.39 is 0 Å². The maximum absolute atomic E-state index is 8.68. The van der Waals surface area contributed by atoms with Crippen LogP contribution in [0.3, 0.4) is 0 Å². The molecule has 0 aromatic rings. The first-order chi connectivity index (χ1) is 4.81. The molecule has 0 spiro atoms. The van der Waals surface area contributed by atoms with Gasteiger partial charge in [0.15, 0.2) is 0 Å². The largest absolute Gasteiger partial charge is 0.396 e. The molecule has 0 fully saturated rings. The Hall–Kier alpha value is -0.0800. The quantitative estimate of drug-likeness (QED) is 0.547. The summed E-state index contributed by atoms with van der Waals surface area (Å²) in [6.45, 7) is 3.51. The Kier molecular flexibility index (Phi) is 6.98. The molecule has 0 radical (unpaired) electrons. The lowest BCUT2D eigenvalue weighted by atomic mass is 10.1. The predicted octanol–water partition coefficient (Wildman–Crippen LogP) is 1.00. The summed E-state index contributed by atoms with van der Waals surface area (Å²) in [6.07, 6.45) is 3.60. The van der Waals surface area contributed by atoms with Gasteiger partial charge in [0.1, 0.15) is 0 Å². The van der Waals surface area contributed by atoms with Gasteiger partial charge in [-0.25, -0.2) is 0 Å². The molecule has 0 rings (SSSR count). The summed E-state index contributed by atoms with van der Waals surface area (Å²) in [5.74, 6) is 0.483. The molecule has 2 heteroatoms. The van der Waals surface area contributed by atoms with Crippen LogP contribution in [0.15, 0.2) is 0 Å². The zero-order chi connectivity index (χ0) is 7.82. The molecule has 0 aliphatic rings. The normalized spacial score (nSPS) is 13.5. The maximum atomic E-state index is 8.68. The summed E-state index contributed by atoms with van der Waals surface area (Å²) in [6, 6.07) is 0. The summed E-state index contributed by atoms with van der Waals surface area (Å²) in [7, 11) is 1.97. The molecule has 0 amide bonds. The van der Waals surface area contributed by atoms with Gasteiger partial charge in [-0.2, -0.15) is 0 Å². The van der Waals surface area contributed by atoms with Crippen molar-refractivity contribution in [1.82, 2.24) is 5.32 Å². The van der Waals surface area contributed by atoms with Gasteiger partial charge in [-0.15, -0.1) is 0 Å². The van der Waals surface area contributed by atoms with Gasteiger partial charge in [-0.3, -0.25) is 0 Å². The van der Waals surface area contributed by atoms with Gasteiger partial charge in [-0.05, 0) is 32.4 Å². The highest BCUT2D eigenvalue weighted by molar-refractivity contribution is 4.51. The smallest absolute Gasteiger partial charge is 0.0456 e. The maximum Gasteiger partial charge on any atom is 0.0456 e. The molecular weight excluding hydrogens is 126 g/mol. The van der Waals surface area contributed by atoms with Crippen LogP contribution in [-0.2, 0) is 0 Å². The van der Waals surface area contributed by atoms with Crippen molar-refractivity contribution >= 4 is 0 Å². The lowest BCUT2D eigenvalue weighted by Crippen LogP contribution is -2.08. The van der Waals surface area contributed by atoms with E-state index >= 15 is 0 Å². The second kappa shape index (κ2) is 7.03. The highest BCUT2D eigenvalue weighted by Gasteiger charge is 1.97. The molecule has 2 N–H and O–H groups in total. The summed E-state index contributed by atoms with van der Waals surface area (Å²) in [4.78, 5) is 0. The predicted molar refractivity (Wildman–Crippen MR) is 44.0 cm³/mol. The molecule has 0 saturated heterocycles. The molecule has 0 unspecified atom stereocenters. The fourth-order valence-electron chi connectivity index (χ4n) is 0.886. The highest BCUT2D eigenvalue weighted by atomic mass is 16.3. The van der Waals surface area contributed by atoms with Crippen molar-refractivity contribution in [2.75, 3.05) is 20.2 Å². The number of nitrogens with one attached hydrogen (secondary N) is 1. The van der Waals surface area contributed by atoms with Gasteiger partial charge in [0.05, 0.1) is 0 Å². The zero-order valence-corrected chi connectivity index (χ0v) is 7.06. The molecule has 62 valence electrons. The van der Waals surface area contributed by atoms with Crippen LogP contribution in [0.25, 0.3) is 0 Å². The van der Waals surface area contributed by atoms with E-state index in [1.54, 1.807) is 0 Å². The van der Waals surface area contributed by atoms with Crippen LogP contribution in [0.1, 0.15) is 26.2 Å². The van der Waals surface area contributed by atoms with Crippen LogP contribution in [0, 0.1) is 5.92 Å². The number of rotatable bonds is 6. The van der Waals surface area contributed by atoms with E-state index in [-0.39, 0.29) is 0 Å². The minimum absolute atomic E-state index is 0.333. The van der Waals surface area contributed by atoms with Gasteiger partial charge < -0.3 is 10.4 Å². The van der Waals surface area contributed by atoms with E-state index in [4.69, 9.17) is 5.11 Å². The van der Waals surface area contributed by atoms with Crippen LogP contribution in [-0.4, -0.2) is 25.3 Å². The third-order valence-corrected chi connectivity index (χ3v) is 1.69. The Morgan fingerprint density at radius 3 is 2.60 bits per heavy atom. The number of hydrogen-bond donors (Lipinski definition) is 2. The first-order valence-electron chi connectivity index (χ1n) is 4.06. The summed E-state index contributed by atoms with van der Waals surface area (Å²) in [5.41, 5.74) is 0. The number of hydrogen-bond acceptors (Lipinski definition) is 2. The van der Waals surface area contributed by atoms with Crippen molar-refractivity contribution in [1.29, 1.82) is 0 Å². The standard InChI is InChI=1S/C8H19NO/c1-8(7-10)5-3-4-6-9-2/h8-10H,3-7H2,1-2H3/t8-/m0/s1. The zero-order valence-electron chi connectivity index (χ0n) is 7.06. The van der Waals surface area contributed by atoms with E-state index in [9.17, 15) is 0 Å². The number of unbranched alkanes of at least 4 members (excludes halogenated alkanes) is 1. The monoisotopic (exact) mass is 145 g/mol. The minimum atomic E-state index is 0.333. The van der Waals surface area contributed by atoms with Crippen molar-refractivity contribution in [2.45, 2.75) is 26.2 Å². The Morgan fingerprint density at radius 1 is 1.40 bits per heavy atom. The summed E-state index contributed by atoms with van der Waals surface area (Å²) < 4.78 is 0. The number of aliphatic hydroxyl groups excluding tert-OH is 1. The molecule has 0 aliphatic carbocycles. The van der Waals surface area contributed by atoms with E-state index in [1.807, 2.05) is 7.05 Å². The van der Waals surface area contributed by atoms with Gasteiger partial charge in [0, 0.05) is 6.61 Å².